The maximum Gasteiger partial charge on any atom is 0.405 e. The van der Waals surface area contributed by atoms with Crippen molar-refractivity contribution < 1.29 is 43.5 Å². The number of hydrogen-bond acceptors (Lipinski definition) is 11. The molecule has 0 spiro atoms. The molecular formula is C24H31N3O9. The number of hydrogen-bond donors (Lipinski definition) is 3. The largest absolute Gasteiger partial charge is 0.490 e. The molecule has 1 amide bonds. The lowest BCUT2D eigenvalue weighted by Crippen LogP contribution is -2.64. The van der Waals surface area contributed by atoms with Crippen LogP contribution in [0.15, 0.2) is 24.3 Å². The van der Waals surface area contributed by atoms with Crippen LogP contribution in [0.1, 0.15) is 25.7 Å². The molecule has 3 saturated heterocycles. The van der Waals surface area contributed by atoms with Crippen molar-refractivity contribution in [2.45, 2.75) is 55.9 Å². The maximum atomic E-state index is 13.4. The molecule has 1 aromatic rings. The minimum atomic E-state index is -2.51. The van der Waals surface area contributed by atoms with Crippen LogP contribution in [0.2, 0.25) is 0 Å². The second-order valence-corrected chi connectivity index (χ2v) is 9.48. The van der Waals surface area contributed by atoms with Gasteiger partial charge >= 0.3 is 23.8 Å². The zero-order valence-electron chi connectivity index (χ0n) is 19.8. The summed E-state index contributed by atoms with van der Waals surface area (Å²) in [4.78, 5) is 41.9. The summed E-state index contributed by atoms with van der Waals surface area (Å²) in [6.07, 6.45) is 0.293. The SMILES string of the molecule is O=C1OC(C(=O)Nc2ccc(OC3CCN(C4CC4)CC3)cc2)(N2CCOCC2)OC(=O)C(O)C1O. The minimum Gasteiger partial charge on any atom is -0.490 e. The fourth-order valence-electron chi connectivity index (χ4n) is 4.71. The smallest absolute Gasteiger partial charge is 0.405 e. The first-order valence-corrected chi connectivity index (χ1v) is 12.3. The summed E-state index contributed by atoms with van der Waals surface area (Å²) in [6, 6.07) is 7.46. The lowest BCUT2D eigenvalue weighted by molar-refractivity contribution is -0.277. The van der Waals surface area contributed by atoms with Gasteiger partial charge in [0.25, 0.3) is 0 Å². The van der Waals surface area contributed by atoms with E-state index in [0.29, 0.717) is 11.4 Å². The van der Waals surface area contributed by atoms with Crippen molar-refractivity contribution in [3.8, 4) is 5.75 Å². The molecule has 0 aromatic heterocycles. The molecule has 4 fully saturated rings. The fourth-order valence-corrected chi connectivity index (χ4v) is 4.71. The topological polar surface area (TPSA) is 147 Å². The number of amides is 1. The van der Waals surface area contributed by atoms with Gasteiger partial charge in [0.05, 0.1) is 13.2 Å². The zero-order valence-corrected chi connectivity index (χ0v) is 19.8. The van der Waals surface area contributed by atoms with E-state index in [0.717, 1.165) is 32.0 Å². The van der Waals surface area contributed by atoms with Gasteiger partial charge in [0.1, 0.15) is 11.9 Å². The van der Waals surface area contributed by atoms with Crippen molar-refractivity contribution in [2.75, 3.05) is 44.7 Å². The van der Waals surface area contributed by atoms with Crippen LogP contribution in [-0.2, 0) is 28.6 Å². The molecule has 36 heavy (non-hydrogen) atoms. The third-order valence-electron chi connectivity index (χ3n) is 6.93. The van der Waals surface area contributed by atoms with Gasteiger partial charge in [-0.25, -0.2) is 14.5 Å². The molecule has 2 atom stereocenters. The number of anilines is 1. The summed E-state index contributed by atoms with van der Waals surface area (Å²) in [5.41, 5.74) is 0.348. The Balaban J connectivity index is 1.27. The number of likely N-dealkylation sites (tertiary alicyclic amines) is 1. The molecule has 1 saturated carbocycles. The number of carbonyl (C=O) groups is 3. The second kappa shape index (κ2) is 10.3. The number of aliphatic hydroxyl groups excluding tert-OH is 2. The van der Waals surface area contributed by atoms with Crippen LogP contribution in [0, 0.1) is 0 Å². The molecule has 12 heteroatoms. The standard InChI is InChI=1S/C24H31N3O9/c28-19-20(29)22(31)36-24(35-21(19)30,27-11-13-33-14-12-27)23(32)25-15-1-5-17(6-2-15)34-18-7-9-26(10-8-18)16-3-4-16/h1-2,5-6,16,18-20,28-29H,3-4,7-14H2,(H,25,32). The molecule has 196 valence electrons. The lowest BCUT2D eigenvalue weighted by Gasteiger charge is -2.40. The summed E-state index contributed by atoms with van der Waals surface area (Å²) in [5, 5.41) is 22.4. The molecule has 0 radical (unpaired) electrons. The highest BCUT2D eigenvalue weighted by atomic mass is 16.8. The summed E-state index contributed by atoms with van der Waals surface area (Å²) in [6.45, 7) is 2.67. The van der Waals surface area contributed by atoms with Crippen LogP contribution < -0.4 is 10.1 Å². The van der Waals surface area contributed by atoms with Crippen molar-refractivity contribution in [3.05, 3.63) is 24.3 Å². The average molecular weight is 506 g/mol. The van der Waals surface area contributed by atoms with Crippen LogP contribution >= 0.6 is 0 Å². The van der Waals surface area contributed by atoms with Crippen molar-refractivity contribution >= 4 is 23.5 Å². The first-order chi connectivity index (χ1) is 17.4. The molecule has 0 bridgehead atoms. The van der Waals surface area contributed by atoms with Gasteiger partial charge in [-0.2, -0.15) is 0 Å². The normalized spacial score (nSPS) is 30.7. The predicted octanol–water partition coefficient (Wildman–Crippen LogP) is -0.561. The monoisotopic (exact) mass is 505 g/mol. The van der Waals surface area contributed by atoms with Gasteiger partial charge in [0, 0.05) is 37.9 Å². The molecule has 1 aliphatic carbocycles. The Kier molecular flexibility index (Phi) is 7.13. The van der Waals surface area contributed by atoms with Gasteiger partial charge in [-0.05, 0) is 49.9 Å². The van der Waals surface area contributed by atoms with Crippen molar-refractivity contribution in [3.63, 3.8) is 0 Å². The number of piperidine rings is 1. The van der Waals surface area contributed by atoms with Crippen molar-refractivity contribution in [2.24, 2.45) is 0 Å². The highest BCUT2D eigenvalue weighted by Gasteiger charge is 2.58. The van der Waals surface area contributed by atoms with Gasteiger partial charge in [0.15, 0.2) is 12.2 Å². The van der Waals surface area contributed by atoms with Crippen LogP contribution in [0.3, 0.4) is 0 Å². The summed E-state index contributed by atoms with van der Waals surface area (Å²) in [7, 11) is 0. The third-order valence-corrected chi connectivity index (χ3v) is 6.93. The lowest BCUT2D eigenvalue weighted by atomic mass is 10.1. The van der Waals surface area contributed by atoms with E-state index in [4.69, 9.17) is 18.9 Å². The Hall–Kier alpha value is -2.77. The van der Waals surface area contributed by atoms with Gasteiger partial charge < -0.3 is 39.4 Å². The van der Waals surface area contributed by atoms with Gasteiger partial charge in [0.2, 0.25) is 0 Å². The Bertz CT molecular complexity index is 948. The fraction of sp³-hybridized carbons (Fsp3) is 0.625. The minimum absolute atomic E-state index is 0.104. The number of cyclic esters (lactones) is 2. The van der Waals surface area contributed by atoms with E-state index in [2.05, 4.69) is 10.2 Å². The van der Waals surface area contributed by atoms with Crippen LogP contribution in [-0.4, -0.2) is 108 Å². The maximum absolute atomic E-state index is 13.4. The Morgan fingerprint density at radius 1 is 0.917 bits per heavy atom. The number of nitrogens with zero attached hydrogens (tertiary/aromatic N) is 2. The summed E-state index contributed by atoms with van der Waals surface area (Å²) in [5.74, 6) is -5.52. The summed E-state index contributed by atoms with van der Waals surface area (Å²) >= 11 is 0. The molecule has 5 rings (SSSR count). The number of ether oxygens (including phenoxy) is 4. The zero-order chi connectivity index (χ0) is 25.3. The number of rotatable bonds is 6. The molecule has 3 N–H and O–H groups in total. The Morgan fingerprint density at radius 3 is 2.06 bits per heavy atom. The van der Waals surface area contributed by atoms with Gasteiger partial charge in [-0.1, -0.05) is 0 Å². The quantitative estimate of drug-likeness (QED) is 0.428. The van der Waals surface area contributed by atoms with E-state index in [9.17, 15) is 24.6 Å². The van der Waals surface area contributed by atoms with Crippen molar-refractivity contribution in [1.82, 2.24) is 9.80 Å². The van der Waals surface area contributed by atoms with E-state index in [1.807, 2.05) is 0 Å². The van der Waals surface area contributed by atoms with E-state index >= 15 is 0 Å². The Morgan fingerprint density at radius 2 is 1.50 bits per heavy atom. The third kappa shape index (κ3) is 5.18. The highest BCUT2D eigenvalue weighted by molar-refractivity contribution is 6.00. The molecule has 1 aromatic carbocycles. The van der Waals surface area contributed by atoms with Gasteiger partial charge in [-0.15, -0.1) is 0 Å². The second-order valence-electron chi connectivity index (χ2n) is 9.48. The summed E-state index contributed by atoms with van der Waals surface area (Å²) < 4.78 is 21.8. The van der Waals surface area contributed by atoms with Crippen molar-refractivity contribution in [1.29, 1.82) is 0 Å². The number of benzene rings is 1. The van der Waals surface area contributed by atoms with Crippen LogP contribution in [0.25, 0.3) is 0 Å². The first-order valence-electron chi connectivity index (χ1n) is 12.3. The van der Waals surface area contributed by atoms with Gasteiger partial charge in [-0.3, -0.25) is 4.79 Å². The molecule has 3 aliphatic heterocycles. The molecule has 2 unspecified atom stereocenters. The molecular weight excluding hydrogens is 474 g/mol. The van der Waals surface area contributed by atoms with Crippen LogP contribution in [0.4, 0.5) is 5.69 Å². The Labute approximate surface area is 208 Å². The van der Waals surface area contributed by atoms with Crippen LogP contribution in [0.5, 0.6) is 5.75 Å². The number of nitrogens with one attached hydrogen (secondary N) is 1. The predicted molar refractivity (Wildman–Crippen MR) is 123 cm³/mol. The molecule has 4 aliphatic rings. The number of morpholine rings is 1. The molecule has 3 heterocycles. The molecule has 12 nitrogen and oxygen atoms in total. The van der Waals surface area contributed by atoms with E-state index in [-0.39, 0.29) is 32.4 Å². The first kappa shape index (κ1) is 24.9. The number of carbonyl (C=O) groups excluding carboxylic acids is 3. The number of aliphatic hydroxyl groups is 2. The van der Waals surface area contributed by atoms with E-state index < -0.39 is 36.0 Å². The van der Waals surface area contributed by atoms with E-state index in [1.165, 1.54) is 17.7 Å². The van der Waals surface area contributed by atoms with E-state index in [1.54, 1.807) is 24.3 Å². The number of esters is 2. The highest BCUT2D eigenvalue weighted by Crippen LogP contribution is 2.31. The average Bonchev–Trinajstić information content (AvgIpc) is 3.75.